The SMILES string of the molecule is Nc1ncnc2c1c(C1C=CC=C3C=CC=CC31)cn2[C@@H]1O[C@H](CO)C(O)C1O. The van der Waals surface area contributed by atoms with Crippen LogP contribution in [0.4, 0.5) is 5.82 Å². The van der Waals surface area contributed by atoms with Crippen molar-refractivity contribution in [3.05, 3.63) is 66.2 Å². The number of ether oxygens (including phenoxy) is 1. The van der Waals surface area contributed by atoms with E-state index in [0.717, 1.165) is 5.56 Å². The molecule has 0 amide bonds. The van der Waals surface area contributed by atoms with Gasteiger partial charge in [0.1, 0.15) is 36.1 Å². The molecule has 0 bridgehead atoms. The van der Waals surface area contributed by atoms with E-state index in [1.54, 1.807) is 4.57 Å². The summed E-state index contributed by atoms with van der Waals surface area (Å²) in [7, 11) is 0. The molecule has 2 aromatic rings. The molecule has 0 spiro atoms. The Morgan fingerprint density at radius 1 is 1.07 bits per heavy atom. The van der Waals surface area contributed by atoms with Crippen LogP contribution in [0.15, 0.2) is 60.6 Å². The molecule has 4 unspecified atom stereocenters. The molecule has 1 aliphatic heterocycles. The molecule has 3 aliphatic rings. The molecule has 6 atom stereocenters. The molecule has 2 aromatic heterocycles. The summed E-state index contributed by atoms with van der Waals surface area (Å²) in [4.78, 5) is 8.54. The number of hydrogen-bond donors (Lipinski definition) is 4. The molecule has 8 nitrogen and oxygen atoms in total. The number of fused-ring (bicyclic) bond motifs is 2. The van der Waals surface area contributed by atoms with E-state index < -0.39 is 31.1 Å². The van der Waals surface area contributed by atoms with Crippen LogP contribution in [0.1, 0.15) is 17.7 Å². The molecule has 29 heavy (non-hydrogen) atoms. The lowest BCUT2D eigenvalue weighted by Gasteiger charge is -2.27. The molecule has 0 aromatic carbocycles. The fraction of sp³-hybridized carbons (Fsp3) is 0.333. The van der Waals surface area contributed by atoms with Gasteiger partial charge in [0.25, 0.3) is 0 Å². The maximum Gasteiger partial charge on any atom is 0.164 e. The van der Waals surface area contributed by atoms with Crippen molar-refractivity contribution in [1.82, 2.24) is 14.5 Å². The van der Waals surface area contributed by atoms with Gasteiger partial charge in [0.15, 0.2) is 6.23 Å². The van der Waals surface area contributed by atoms with Crippen LogP contribution in [0.2, 0.25) is 0 Å². The van der Waals surface area contributed by atoms with Gasteiger partial charge in [-0.1, -0.05) is 42.5 Å². The minimum atomic E-state index is -1.21. The monoisotopic (exact) mass is 394 g/mol. The van der Waals surface area contributed by atoms with Crippen molar-refractivity contribution >= 4 is 16.9 Å². The average Bonchev–Trinajstić information content (AvgIpc) is 3.26. The second-order valence-electron chi connectivity index (χ2n) is 7.53. The molecular formula is C21H22N4O4. The summed E-state index contributed by atoms with van der Waals surface area (Å²) in [6.07, 6.45) is 13.6. The van der Waals surface area contributed by atoms with Crippen molar-refractivity contribution in [2.75, 3.05) is 12.3 Å². The van der Waals surface area contributed by atoms with Gasteiger partial charge in [-0.15, -0.1) is 0 Å². The summed E-state index contributed by atoms with van der Waals surface area (Å²) in [5.41, 5.74) is 8.86. The molecule has 5 rings (SSSR count). The second kappa shape index (κ2) is 6.93. The number of nitrogens with zero attached hydrogens (tertiary/aromatic N) is 3. The van der Waals surface area contributed by atoms with Crippen molar-refractivity contribution in [1.29, 1.82) is 0 Å². The first-order valence-corrected chi connectivity index (χ1v) is 9.56. The van der Waals surface area contributed by atoms with E-state index in [2.05, 4.69) is 34.3 Å². The summed E-state index contributed by atoms with van der Waals surface area (Å²) in [6.45, 7) is -0.392. The highest BCUT2D eigenvalue weighted by Crippen LogP contribution is 2.43. The van der Waals surface area contributed by atoms with Gasteiger partial charge in [0.05, 0.1) is 12.0 Å². The molecule has 8 heteroatoms. The average molecular weight is 394 g/mol. The van der Waals surface area contributed by atoms with E-state index in [1.807, 2.05) is 24.4 Å². The highest BCUT2D eigenvalue weighted by atomic mass is 16.6. The maximum atomic E-state index is 10.5. The minimum Gasteiger partial charge on any atom is -0.394 e. The Labute approximate surface area is 167 Å². The molecule has 0 radical (unpaired) electrons. The lowest BCUT2D eigenvalue weighted by atomic mass is 9.76. The largest absolute Gasteiger partial charge is 0.394 e. The van der Waals surface area contributed by atoms with Crippen LogP contribution < -0.4 is 5.73 Å². The van der Waals surface area contributed by atoms with Crippen LogP contribution in [0.3, 0.4) is 0 Å². The quantitative estimate of drug-likeness (QED) is 0.610. The third-order valence-electron chi connectivity index (χ3n) is 5.92. The fourth-order valence-corrected chi connectivity index (χ4v) is 4.46. The third kappa shape index (κ3) is 2.76. The predicted octanol–water partition coefficient (Wildman–Crippen LogP) is 0.947. The van der Waals surface area contributed by atoms with Gasteiger partial charge in [-0.3, -0.25) is 0 Å². The summed E-state index contributed by atoms with van der Waals surface area (Å²) in [6, 6.07) is 0. The Balaban J connectivity index is 1.65. The molecule has 2 aliphatic carbocycles. The van der Waals surface area contributed by atoms with Gasteiger partial charge in [-0.2, -0.15) is 0 Å². The molecule has 0 saturated carbocycles. The predicted molar refractivity (Wildman–Crippen MR) is 107 cm³/mol. The number of nitrogen functional groups attached to an aromatic ring is 1. The lowest BCUT2D eigenvalue weighted by molar-refractivity contribution is -0.0509. The summed E-state index contributed by atoms with van der Waals surface area (Å²) < 4.78 is 7.41. The highest BCUT2D eigenvalue weighted by Gasteiger charge is 2.44. The van der Waals surface area contributed by atoms with Crippen molar-refractivity contribution < 1.29 is 20.1 Å². The minimum absolute atomic E-state index is 0.00496. The zero-order chi connectivity index (χ0) is 20.1. The van der Waals surface area contributed by atoms with Crippen LogP contribution in [0.25, 0.3) is 11.0 Å². The standard InChI is InChI=1S/C21H22N4O4/c22-19-16-14(13-7-3-5-11-4-1-2-6-12(11)13)8-25(20(16)24-10-23-19)21-18(28)17(27)15(9-26)29-21/h1-8,10,12-13,15,17-18,21,26-28H,9H2,(H2,22,23,24)/t12?,13?,15-,17?,18?,21-/m1/s1. The molecule has 5 N–H and O–H groups in total. The number of hydrogen-bond acceptors (Lipinski definition) is 7. The number of aliphatic hydroxyl groups is 3. The first-order chi connectivity index (χ1) is 14.1. The molecule has 150 valence electrons. The number of aliphatic hydroxyl groups excluding tert-OH is 3. The van der Waals surface area contributed by atoms with Gasteiger partial charge >= 0.3 is 0 Å². The van der Waals surface area contributed by atoms with Crippen LogP contribution in [-0.2, 0) is 4.74 Å². The Morgan fingerprint density at radius 2 is 1.90 bits per heavy atom. The lowest BCUT2D eigenvalue weighted by Crippen LogP contribution is -2.33. The smallest absolute Gasteiger partial charge is 0.164 e. The van der Waals surface area contributed by atoms with E-state index in [-0.39, 0.29) is 11.8 Å². The van der Waals surface area contributed by atoms with Gasteiger partial charge < -0.3 is 30.4 Å². The number of nitrogens with two attached hydrogens (primary N) is 1. The van der Waals surface area contributed by atoms with E-state index in [0.29, 0.717) is 16.9 Å². The van der Waals surface area contributed by atoms with Crippen molar-refractivity contribution in [2.45, 2.75) is 30.5 Å². The number of anilines is 1. The topological polar surface area (TPSA) is 127 Å². The summed E-state index contributed by atoms with van der Waals surface area (Å²) in [5, 5.41) is 30.8. The summed E-state index contributed by atoms with van der Waals surface area (Å²) >= 11 is 0. The highest BCUT2D eigenvalue weighted by molar-refractivity contribution is 5.91. The number of rotatable bonds is 3. The molecular weight excluding hydrogens is 372 g/mol. The first-order valence-electron chi connectivity index (χ1n) is 9.56. The van der Waals surface area contributed by atoms with E-state index in [9.17, 15) is 15.3 Å². The maximum absolute atomic E-state index is 10.5. The van der Waals surface area contributed by atoms with Crippen LogP contribution in [0.5, 0.6) is 0 Å². The number of aromatic nitrogens is 3. The van der Waals surface area contributed by atoms with E-state index in [4.69, 9.17) is 10.5 Å². The Bertz CT molecular complexity index is 1070. The molecule has 1 fully saturated rings. The van der Waals surface area contributed by atoms with Gasteiger partial charge in [-0.05, 0) is 11.1 Å². The van der Waals surface area contributed by atoms with Crippen LogP contribution >= 0.6 is 0 Å². The summed E-state index contributed by atoms with van der Waals surface area (Å²) in [5.74, 6) is 0.495. The zero-order valence-electron chi connectivity index (χ0n) is 15.5. The Hall–Kier alpha value is -2.78. The third-order valence-corrected chi connectivity index (χ3v) is 5.92. The van der Waals surface area contributed by atoms with Crippen molar-refractivity contribution in [3.8, 4) is 0 Å². The Kier molecular flexibility index (Phi) is 4.36. The Morgan fingerprint density at radius 3 is 2.69 bits per heavy atom. The van der Waals surface area contributed by atoms with E-state index in [1.165, 1.54) is 11.9 Å². The van der Waals surface area contributed by atoms with Crippen LogP contribution in [0, 0.1) is 5.92 Å². The van der Waals surface area contributed by atoms with Gasteiger partial charge in [0, 0.05) is 18.0 Å². The number of allylic oxidation sites excluding steroid dienone is 8. The first kappa shape index (κ1) is 18.3. The van der Waals surface area contributed by atoms with Crippen molar-refractivity contribution in [2.24, 2.45) is 5.92 Å². The molecule has 3 heterocycles. The second-order valence-corrected chi connectivity index (χ2v) is 7.53. The van der Waals surface area contributed by atoms with Gasteiger partial charge in [0.2, 0.25) is 0 Å². The normalized spacial score (nSPS) is 33.3. The van der Waals surface area contributed by atoms with E-state index >= 15 is 0 Å². The van der Waals surface area contributed by atoms with Gasteiger partial charge in [-0.25, -0.2) is 9.97 Å². The molecule has 1 saturated heterocycles. The van der Waals surface area contributed by atoms with Crippen LogP contribution in [-0.4, -0.2) is 54.8 Å². The fourth-order valence-electron chi connectivity index (χ4n) is 4.46. The van der Waals surface area contributed by atoms with Crippen molar-refractivity contribution in [3.63, 3.8) is 0 Å². The zero-order valence-corrected chi connectivity index (χ0v) is 15.5.